The molecule has 0 bridgehead atoms. The van der Waals surface area contributed by atoms with E-state index in [-0.39, 0.29) is 91.5 Å². The normalized spacial score (nSPS) is 18.7. The zero-order valence-corrected chi connectivity index (χ0v) is 55.2. The maximum Gasteiger partial charge on any atom is 0.410 e. The van der Waals surface area contributed by atoms with Gasteiger partial charge >= 0.3 is 18.2 Å². The quantitative estimate of drug-likeness (QED) is 0.0437. The van der Waals surface area contributed by atoms with Crippen LogP contribution in [0.1, 0.15) is 187 Å². The van der Waals surface area contributed by atoms with E-state index in [1.165, 1.54) is 12.8 Å². The lowest BCUT2D eigenvalue weighted by molar-refractivity contribution is -0.145. The standard InChI is InChI=1S/C36H57N3O9.C30H49N3O6/c1-9-46-33(41)18-17-32(40)37(27-12-13-27)20-19-28-14-15-29(24-38(28)35(43)48-36(4,5)6)39(25(2)3)34(42)26-11-16-30(45-8)31(23-26)47-22-10-21-44-7;1-21(2)33(28(34)22-9-14-26(37-7)27(19-22)38-18-8-17-36-6)25-13-12-24(15-16-31-23-10-11-23)32(20-25)29(35)39-30(3,4)5/h11,16,23,25,27-29H,9-10,12-15,17-22,24H2,1-8H3;9,14,19,21,23-25,31H,8,10-13,15-18,20H2,1-7H3/t28-,29-;24-,25-/m11/s1. The lowest BCUT2D eigenvalue weighted by Crippen LogP contribution is -2.58. The topological polar surface area (TPSA) is 214 Å². The SMILES string of the molecule is CCOC(=O)CCC(=O)N(CC[C@H]1CC[C@@H](N(C(=O)c2ccc(OC)c(OCCCOC)c2)C(C)C)CN1C(=O)OC(C)(C)C)C1CC1.COCCCOc1cc(C(=O)N(C(C)C)[C@@H]2CC[C@H](CCNC3CC3)N(C(=O)OC(C)(C)C)C2)ccc1OC. The van der Waals surface area contributed by atoms with Crippen LogP contribution in [0, 0.1) is 0 Å². The highest BCUT2D eigenvalue weighted by Gasteiger charge is 2.42. The molecule has 2 aliphatic heterocycles. The molecule has 2 saturated carbocycles. The Morgan fingerprint density at radius 1 is 0.575 bits per heavy atom. The number of ether oxygens (including phenoxy) is 9. The van der Waals surface area contributed by atoms with Crippen LogP contribution in [0.3, 0.4) is 0 Å². The maximum atomic E-state index is 14.1. The van der Waals surface area contributed by atoms with Gasteiger partial charge in [0.1, 0.15) is 11.2 Å². The summed E-state index contributed by atoms with van der Waals surface area (Å²) in [4.78, 5) is 89.2. The van der Waals surface area contributed by atoms with Gasteiger partial charge < -0.3 is 72.4 Å². The molecule has 1 N–H and O–H groups in total. The number of methoxy groups -OCH3 is 4. The zero-order chi connectivity index (χ0) is 64.0. The van der Waals surface area contributed by atoms with Gasteiger partial charge in [-0.25, -0.2) is 9.59 Å². The van der Waals surface area contributed by atoms with Crippen LogP contribution in [0.25, 0.3) is 0 Å². The van der Waals surface area contributed by atoms with Crippen molar-refractivity contribution in [3.05, 3.63) is 47.5 Å². The minimum atomic E-state index is -0.700. The van der Waals surface area contributed by atoms with Gasteiger partial charge in [-0.3, -0.25) is 19.2 Å². The Balaban J connectivity index is 0.000000324. The summed E-state index contributed by atoms with van der Waals surface area (Å²) >= 11 is 0. The lowest BCUT2D eigenvalue weighted by atomic mass is 9.93. The minimum Gasteiger partial charge on any atom is -0.493 e. The molecule has 0 radical (unpaired) electrons. The third-order valence-corrected chi connectivity index (χ3v) is 15.7. The Labute approximate surface area is 519 Å². The molecule has 87 heavy (non-hydrogen) atoms. The van der Waals surface area contributed by atoms with E-state index in [0.29, 0.717) is 112 Å². The van der Waals surface area contributed by atoms with E-state index in [4.69, 9.17) is 42.6 Å². The van der Waals surface area contributed by atoms with Crippen molar-refractivity contribution in [2.45, 2.75) is 226 Å². The van der Waals surface area contributed by atoms with Gasteiger partial charge in [-0.15, -0.1) is 0 Å². The second-order valence-corrected chi connectivity index (χ2v) is 25.7. The third-order valence-electron chi connectivity index (χ3n) is 15.7. The van der Waals surface area contributed by atoms with Crippen molar-refractivity contribution >= 4 is 35.9 Å². The second-order valence-electron chi connectivity index (χ2n) is 25.7. The molecular formula is C66H106N6O15. The Hall–Kier alpha value is -6.06. The van der Waals surface area contributed by atoms with Gasteiger partial charge in [0.2, 0.25) is 5.91 Å². The first kappa shape index (κ1) is 71.7. The van der Waals surface area contributed by atoms with Gasteiger partial charge in [-0.2, -0.15) is 0 Å². The van der Waals surface area contributed by atoms with Crippen molar-refractivity contribution in [3.8, 4) is 23.0 Å². The van der Waals surface area contributed by atoms with Crippen molar-refractivity contribution in [1.29, 1.82) is 0 Å². The number of hydrogen-bond acceptors (Lipinski definition) is 16. The number of hydrogen-bond donors (Lipinski definition) is 1. The molecule has 2 heterocycles. The number of likely N-dealkylation sites (tertiary alicyclic amines) is 2. The summed E-state index contributed by atoms with van der Waals surface area (Å²) in [5, 5.41) is 3.57. The Kier molecular flexibility index (Phi) is 28.5. The van der Waals surface area contributed by atoms with Gasteiger partial charge in [0.05, 0.1) is 52.5 Å². The number of benzene rings is 2. The number of carbonyl (C=O) groups is 6. The van der Waals surface area contributed by atoms with Crippen molar-refractivity contribution < 1.29 is 71.4 Å². The van der Waals surface area contributed by atoms with Crippen LogP contribution in [0.2, 0.25) is 0 Å². The minimum absolute atomic E-state index is 0.0516. The van der Waals surface area contributed by atoms with E-state index in [0.717, 1.165) is 45.1 Å². The number of amides is 5. The van der Waals surface area contributed by atoms with Crippen LogP contribution in [-0.4, -0.2) is 208 Å². The van der Waals surface area contributed by atoms with E-state index in [1.54, 1.807) is 76.7 Å². The zero-order valence-electron chi connectivity index (χ0n) is 55.2. The highest BCUT2D eigenvalue weighted by Crippen LogP contribution is 2.35. The third kappa shape index (κ3) is 23.1. The molecule has 0 unspecified atom stereocenters. The molecular weight excluding hydrogens is 1120 g/mol. The predicted molar refractivity (Wildman–Crippen MR) is 333 cm³/mol. The van der Waals surface area contributed by atoms with Crippen LogP contribution in [-0.2, 0) is 33.3 Å². The molecule has 0 spiro atoms. The first-order chi connectivity index (χ1) is 41.3. The summed E-state index contributed by atoms with van der Waals surface area (Å²) in [5.74, 6) is 1.45. The number of rotatable bonds is 30. The van der Waals surface area contributed by atoms with E-state index >= 15 is 0 Å². The van der Waals surface area contributed by atoms with Crippen LogP contribution in [0.4, 0.5) is 9.59 Å². The molecule has 4 aliphatic rings. The molecule has 21 heteroatoms. The number of piperidine rings is 2. The summed E-state index contributed by atoms with van der Waals surface area (Å²) in [6.07, 6.45) is 9.62. The van der Waals surface area contributed by atoms with Gasteiger partial charge in [0.25, 0.3) is 11.8 Å². The highest BCUT2D eigenvalue weighted by atomic mass is 16.6. The Morgan fingerprint density at radius 2 is 1.02 bits per heavy atom. The summed E-state index contributed by atoms with van der Waals surface area (Å²) in [5.41, 5.74) is -0.282. The highest BCUT2D eigenvalue weighted by molar-refractivity contribution is 5.96. The molecule has 2 aromatic rings. The number of nitrogens with one attached hydrogen (secondary N) is 1. The van der Waals surface area contributed by atoms with Crippen molar-refractivity contribution in [1.82, 2.24) is 29.8 Å². The summed E-state index contributed by atoms with van der Waals surface area (Å²) in [6, 6.07) is 10.6. The molecule has 5 amide bonds. The largest absolute Gasteiger partial charge is 0.493 e. The van der Waals surface area contributed by atoms with Gasteiger partial charge in [-0.1, -0.05) is 0 Å². The number of carbonyl (C=O) groups excluding carboxylic acids is 6. The fourth-order valence-corrected chi connectivity index (χ4v) is 11.2. The van der Waals surface area contributed by atoms with Gasteiger partial charge in [-0.05, 0) is 183 Å². The van der Waals surface area contributed by atoms with Crippen LogP contribution >= 0.6 is 0 Å². The molecule has 2 aromatic carbocycles. The fraction of sp³-hybridized carbons (Fsp3) is 0.727. The van der Waals surface area contributed by atoms with Crippen LogP contribution in [0.5, 0.6) is 23.0 Å². The van der Waals surface area contributed by atoms with E-state index in [9.17, 15) is 28.8 Å². The first-order valence-electron chi connectivity index (χ1n) is 31.8. The first-order valence-corrected chi connectivity index (χ1v) is 31.8. The van der Waals surface area contributed by atoms with E-state index < -0.39 is 17.3 Å². The maximum absolute atomic E-state index is 14.1. The fourth-order valence-electron chi connectivity index (χ4n) is 11.2. The van der Waals surface area contributed by atoms with E-state index in [1.807, 2.05) is 88.8 Å². The predicted octanol–water partition coefficient (Wildman–Crippen LogP) is 10.3. The van der Waals surface area contributed by atoms with Gasteiger partial charge in [0.15, 0.2) is 23.0 Å². The average Bonchev–Trinajstić information content (AvgIpc) is 1.70. The summed E-state index contributed by atoms with van der Waals surface area (Å²) in [6.45, 7) is 25.3. The van der Waals surface area contributed by atoms with Crippen molar-refractivity contribution in [2.24, 2.45) is 0 Å². The number of esters is 1. The Bertz CT molecular complexity index is 2510. The summed E-state index contributed by atoms with van der Waals surface area (Å²) in [7, 11) is 6.44. The smallest absolute Gasteiger partial charge is 0.410 e. The molecule has 490 valence electrons. The van der Waals surface area contributed by atoms with Crippen LogP contribution in [0.15, 0.2) is 36.4 Å². The van der Waals surface area contributed by atoms with Crippen LogP contribution < -0.4 is 24.3 Å². The van der Waals surface area contributed by atoms with Gasteiger partial charge in [0, 0.05) is 114 Å². The molecule has 6 rings (SSSR count). The lowest BCUT2D eigenvalue weighted by Gasteiger charge is -2.45. The molecule has 0 aromatic heterocycles. The number of nitrogens with zero attached hydrogens (tertiary/aromatic N) is 5. The summed E-state index contributed by atoms with van der Waals surface area (Å²) < 4.78 is 49.7. The molecule has 4 atom stereocenters. The van der Waals surface area contributed by atoms with Crippen molar-refractivity contribution in [3.63, 3.8) is 0 Å². The Morgan fingerprint density at radius 3 is 1.41 bits per heavy atom. The molecule has 21 nitrogen and oxygen atoms in total. The molecule has 2 aliphatic carbocycles. The molecule has 2 saturated heterocycles. The monoisotopic (exact) mass is 1220 g/mol. The van der Waals surface area contributed by atoms with E-state index in [2.05, 4.69) is 5.32 Å². The average molecular weight is 1220 g/mol. The second kappa shape index (κ2) is 34.6. The molecule has 4 fully saturated rings. The van der Waals surface area contributed by atoms with Crippen molar-refractivity contribution in [2.75, 3.05) is 87.7 Å².